The highest BCUT2D eigenvalue weighted by Gasteiger charge is 2.19. The molecule has 1 N–H and O–H groups in total. The summed E-state index contributed by atoms with van der Waals surface area (Å²) >= 11 is 0. The van der Waals surface area contributed by atoms with E-state index >= 15 is 0 Å². The van der Waals surface area contributed by atoms with Gasteiger partial charge in [-0.3, -0.25) is 4.98 Å². The minimum atomic E-state index is 0.462. The normalized spacial score (nSPS) is 17.9. The highest BCUT2D eigenvalue weighted by Crippen LogP contribution is 2.29. The third-order valence-electron chi connectivity index (χ3n) is 6.12. The average molecular weight is 416 g/mol. The number of nitrogens with one attached hydrogen (secondary N) is 1. The Morgan fingerprint density at radius 2 is 1.90 bits per heavy atom. The molecule has 0 unspecified atom stereocenters. The number of ether oxygens (including phenoxy) is 2. The molecule has 0 radical (unpaired) electrons. The van der Waals surface area contributed by atoms with Crippen molar-refractivity contribution in [2.24, 2.45) is 0 Å². The molecule has 3 heterocycles. The summed E-state index contributed by atoms with van der Waals surface area (Å²) in [5.41, 5.74) is 5.02. The van der Waals surface area contributed by atoms with Crippen LogP contribution in [0.1, 0.15) is 29.5 Å². The number of fused-ring (bicyclic) bond motifs is 1. The first-order chi connectivity index (χ1) is 15.3. The fourth-order valence-electron chi connectivity index (χ4n) is 4.34. The molecule has 31 heavy (non-hydrogen) atoms. The molecule has 0 saturated carbocycles. The van der Waals surface area contributed by atoms with E-state index in [-0.39, 0.29) is 0 Å². The lowest BCUT2D eigenvalue weighted by Gasteiger charge is -2.31. The van der Waals surface area contributed by atoms with Gasteiger partial charge >= 0.3 is 0 Å². The zero-order chi connectivity index (χ0) is 20.9. The molecule has 1 saturated heterocycles. The number of benzene rings is 2. The van der Waals surface area contributed by atoms with Gasteiger partial charge in [0.05, 0.1) is 18.1 Å². The van der Waals surface area contributed by atoms with Crippen LogP contribution in [0.15, 0.2) is 67.0 Å². The van der Waals surface area contributed by atoms with Crippen molar-refractivity contribution < 1.29 is 9.47 Å². The van der Waals surface area contributed by atoms with Gasteiger partial charge in [-0.1, -0.05) is 36.4 Å². The lowest BCUT2D eigenvalue weighted by Crippen LogP contribution is -2.30. The fourth-order valence-corrected chi connectivity index (χ4v) is 4.34. The molecular weight excluding hydrogens is 386 g/mol. The molecule has 5 nitrogen and oxygen atoms in total. The van der Waals surface area contributed by atoms with E-state index in [0.29, 0.717) is 19.3 Å². The lowest BCUT2D eigenvalue weighted by molar-refractivity contribution is 0.276. The summed E-state index contributed by atoms with van der Waals surface area (Å²) in [6, 6.07) is 19.3. The fraction of sp³-hybridized carbons (Fsp3) is 0.346. The minimum Gasteiger partial charge on any atom is -0.490 e. The standard InChI is InChI=1S/C26H29N3O2/c1-2-5-20(6-3-1)18-30-25-9-8-22-17-29(12-10-21(22)13-25)24-14-26(16-27-15-24)31-19-23-7-4-11-28-23/h1-3,5-6,8-9,13-16,23,28H,4,7,10-12,17-19H2/t23-/m0/s1. The first kappa shape index (κ1) is 19.9. The average Bonchev–Trinajstić information content (AvgIpc) is 3.36. The van der Waals surface area contributed by atoms with Gasteiger partial charge in [-0.05, 0) is 54.6 Å². The number of aromatic nitrogens is 1. The van der Waals surface area contributed by atoms with Crippen molar-refractivity contribution >= 4 is 5.69 Å². The second-order valence-electron chi connectivity index (χ2n) is 8.36. The third kappa shape index (κ3) is 5.00. The summed E-state index contributed by atoms with van der Waals surface area (Å²) in [5.74, 6) is 1.79. The molecule has 5 rings (SSSR count). The highest BCUT2D eigenvalue weighted by atomic mass is 16.5. The van der Waals surface area contributed by atoms with Gasteiger partial charge in [-0.25, -0.2) is 0 Å². The van der Waals surface area contributed by atoms with Crippen molar-refractivity contribution in [3.05, 3.63) is 83.7 Å². The van der Waals surface area contributed by atoms with Crippen molar-refractivity contribution in [1.29, 1.82) is 0 Å². The van der Waals surface area contributed by atoms with E-state index in [1.807, 2.05) is 30.6 Å². The van der Waals surface area contributed by atoms with Crippen molar-refractivity contribution in [2.45, 2.75) is 38.5 Å². The molecule has 2 aromatic carbocycles. The Labute approximate surface area is 184 Å². The van der Waals surface area contributed by atoms with Crippen LogP contribution in [0, 0.1) is 0 Å². The van der Waals surface area contributed by atoms with Crippen molar-refractivity contribution in [1.82, 2.24) is 10.3 Å². The first-order valence-electron chi connectivity index (χ1n) is 11.2. The minimum absolute atomic E-state index is 0.462. The zero-order valence-electron chi connectivity index (χ0n) is 17.8. The molecule has 3 aromatic rings. The molecule has 5 heteroatoms. The summed E-state index contributed by atoms with van der Waals surface area (Å²) in [6.07, 6.45) is 7.16. The van der Waals surface area contributed by atoms with Crippen LogP contribution < -0.4 is 19.7 Å². The quantitative estimate of drug-likeness (QED) is 0.622. The SMILES string of the molecule is c1ccc(COc2ccc3c(c2)CCN(c2cncc(OC[C@@H]4CCCN4)c2)C3)cc1. The summed E-state index contributed by atoms with van der Waals surface area (Å²) < 4.78 is 12.0. The Morgan fingerprint density at radius 3 is 2.77 bits per heavy atom. The molecule has 0 aliphatic carbocycles. The van der Waals surface area contributed by atoms with Gasteiger partial charge in [0.25, 0.3) is 0 Å². The largest absolute Gasteiger partial charge is 0.490 e. The van der Waals surface area contributed by atoms with E-state index in [2.05, 4.69) is 51.6 Å². The van der Waals surface area contributed by atoms with Gasteiger partial charge in [-0.15, -0.1) is 0 Å². The van der Waals surface area contributed by atoms with Gasteiger partial charge in [-0.2, -0.15) is 0 Å². The van der Waals surface area contributed by atoms with Gasteiger partial charge in [0.2, 0.25) is 0 Å². The maximum absolute atomic E-state index is 6.01. The van der Waals surface area contributed by atoms with Crippen molar-refractivity contribution in [3.8, 4) is 11.5 Å². The van der Waals surface area contributed by atoms with E-state index in [9.17, 15) is 0 Å². The third-order valence-corrected chi connectivity index (χ3v) is 6.12. The van der Waals surface area contributed by atoms with Gasteiger partial charge in [0.15, 0.2) is 0 Å². The Kier molecular flexibility index (Phi) is 6.03. The van der Waals surface area contributed by atoms with Gasteiger partial charge in [0, 0.05) is 25.2 Å². The second-order valence-corrected chi connectivity index (χ2v) is 8.36. The van der Waals surface area contributed by atoms with Crippen LogP contribution >= 0.6 is 0 Å². The first-order valence-corrected chi connectivity index (χ1v) is 11.2. The summed E-state index contributed by atoms with van der Waals surface area (Å²) in [4.78, 5) is 6.80. The zero-order valence-corrected chi connectivity index (χ0v) is 17.8. The van der Waals surface area contributed by atoms with Crippen LogP contribution in [0.2, 0.25) is 0 Å². The van der Waals surface area contributed by atoms with Gasteiger partial charge < -0.3 is 19.7 Å². The number of hydrogen-bond acceptors (Lipinski definition) is 5. The number of rotatable bonds is 7. The topological polar surface area (TPSA) is 46.6 Å². The predicted molar refractivity (Wildman–Crippen MR) is 123 cm³/mol. The summed E-state index contributed by atoms with van der Waals surface area (Å²) in [5, 5.41) is 3.47. The molecule has 2 aliphatic heterocycles. The van der Waals surface area contributed by atoms with E-state index in [0.717, 1.165) is 43.2 Å². The summed E-state index contributed by atoms with van der Waals surface area (Å²) in [6.45, 7) is 4.24. The summed E-state index contributed by atoms with van der Waals surface area (Å²) in [7, 11) is 0. The van der Waals surface area contributed by atoms with E-state index in [1.54, 1.807) is 0 Å². The molecular formula is C26H29N3O2. The van der Waals surface area contributed by atoms with E-state index < -0.39 is 0 Å². The molecule has 0 spiro atoms. The highest BCUT2D eigenvalue weighted by molar-refractivity contribution is 5.51. The van der Waals surface area contributed by atoms with Crippen molar-refractivity contribution in [2.75, 3.05) is 24.6 Å². The molecule has 160 valence electrons. The Bertz CT molecular complexity index is 1000. The Balaban J connectivity index is 1.21. The monoisotopic (exact) mass is 415 g/mol. The van der Waals surface area contributed by atoms with Crippen LogP contribution in [0.25, 0.3) is 0 Å². The smallest absolute Gasteiger partial charge is 0.139 e. The van der Waals surface area contributed by atoms with Crippen LogP contribution in [-0.4, -0.2) is 30.7 Å². The van der Waals surface area contributed by atoms with Crippen molar-refractivity contribution in [3.63, 3.8) is 0 Å². The Hall–Kier alpha value is -3.05. The van der Waals surface area contributed by atoms with E-state index in [4.69, 9.17) is 9.47 Å². The van der Waals surface area contributed by atoms with Crippen LogP contribution in [-0.2, 0) is 19.6 Å². The number of anilines is 1. The Morgan fingerprint density at radius 1 is 0.968 bits per heavy atom. The van der Waals surface area contributed by atoms with E-state index in [1.165, 1.54) is 29.5 Å². The maximum atomic E-state index is 6.01. The molecule has 0 amide bonds. The second kappa shape index (κ2) is 9.40. The molecule has 2 aliphatic rings. The molecule has 1 fully saturated rings. The predicted octanol–water partition coefficient (Wildman–Crippen LogP) is 4.35. The number of pyridine rings is 1. The molecule has 0 bridgehead atoms. The number of nitrogens with zero attached hydrogens (tertiary/aromatic N) is 2. The number of hydrogen-bond donors (Lipinski definition) is 1. The van der Waals surface area contributed by atoms with Gasteiger partial charge in [0.1, 0.15) is 24.7 Å². The lowest BCUT2D eigenvalue weighted by atomic mass is 9.99. The van der Waals surface area contributed by atoms with Crippen LogP contribution in [0.4, 0.5) is 5.69 Å². The van der Waals surface area contributed by atoms with Crippen LogP contribution in [0.3, 0.4) is 0 Å². The molecule has 1 aromatic heterocycles. The maximum Gasteiger partial charge on any atom is 0.139 e. The molecule has 1 atom stereocenters. The van der Waals surface area contributed by atoms with Crippen LogP contribution in [0.5, 0.6) is 11.5 Å².